The van der Waals surface area contributed by atoms with Crippen LogP contribution in [0.5, 0.6) is 0 Å². The molecule has 2 rings (SSSR count). The minimum absolute atomic E-state index is 0.143. The maximum absolute atomic E-state index is 12.0. The number of benzene rings is 1. The molecule has 1 atom stereocenters. The van der Waals surface area contributed by atoms with Crippen LogP contribution in [0.25, 0.3) is 10.9 Å². The molecule has 5 nitrogen and oxygen atoms in total. The topological polar surface area (TPSA) is 77.2 Å². The lowest BCUT2D eigenvalue weighted by Gasteiger charge is -2.14. The molecule has 0 aliphatic carbocycles. The van der Waals surface area contributed by atoms with Crippen LogP contribution in [0.4, 0.5) is 5.69 Å². The molecule has 2 aromatic rings. The molecule has 100 valence electrons. The van der Waals surface area contributed by atoms with Crippen LogP contribution in [0.2, 0.25) is 0 Å². The number of nitrogens with zero attached hydrogens (tertiary/aromatic N) is 1. The molecule has 0 aliphatic rings. The second-order valence-electron chi connectivity index (χ2n) is 4.28. The van der Waals surface area contributed by atoms with E-state index < -0.39 is 6.10 Å². The highest BCUT2D eigenvalue weighted by Crippen LogP contribution is 2.24. The summed E-state index contributed by atoms with van der Waals surface area (Å²) in [6.45, 7) is 2.13. The highest BCUT2D eigenvalue weighted by Gasteiger charge is 2.16. The number of fused-ring (bicyclic) bond motifs is 1. The van der Waals surface area contributed by atoms with Crippen molar-refractivity contribution in [3.63, 3.8) is 0 Å². The van der Waals surface area contributed by atoms with Crippen LogP contribution in [0, 0.1) is 6.92 Å². The largest absolute Gasteiger partial charge is 0.370 e. The second kappa shape index (κ2) is 5.77. The van der Waals surface area contributed by atoms with Gasteiger partial charge in [0.15, 0.2) is 0 Å². The average molecular weight is 259 g/mol. The molecule has 1 aromatic carbocycles. The maximum Gasteiger partial charge on any atom is 0.254 e. The Hall–Kier alpha value is -1.98. The van der Waals surface area contributed by atoms with Gasteiger partial charge in [-0.2, -0.15) is 0 Å². The van der Waals surface area contributed by atoms with Crippen molar-refractivity contribution in [1.29, 1.82) is 0 Å². The predicted octanol–water partition coefficient (Wildman–Crippen LogP) is 1.46. The first-order valence-electron chi connectivity index (χ1n) is 6.05. The van der Waals surface area contributed by atoms with E-state index in [0.717, 1.165) is 16.5 Å². The third-order valence-corrected chi connectivity index (χ3v) is 3.02. The molecule has 0 radical (unpaired) electrons. The molecule has 0 fully saturated rings. The molecule has 0 aliphatic heterocycles. The molecule has 0 saturated carbocycles. The molecule has 19 heavy (non-hydrogen) atoms. The SMILES string of the molecule is COC(CN)C(=O)Nc1ccc(C)c2ncccc12. The number of ether oxygens (including phenoxy) is 1. The van der Waals surface area contributed by atoms with Gasteiger partial charge in [-0.25, -0.2) is 0 Å². The predicted molar refractivity (Wildman–Crippen MR) is 75.0 cm³/mol. The molecule has 1 unspecified atom stereocenters. The van der Waals surface area contributed by atoms with Gasteiger partial charge < -0.3 is 15.8 Å². The van der Waals surface area contributed by atoms with Gasteiger partial charge in [0, 0.05) is 25.2 Å². The first kappa shape index (κ1) is 13.5. The molecule has 0 bridgehead atoms. The van der Waals surface area contributed by atoms with Crippen LogP contribution in [-0.2, 0) is 9.53 Å². The van der Waals surface area contributed by atoms with Crippen LogP contribution >= 0.6 is 0 Å². The molecule has 3 N–H and O–H groups in total. The Morgan fingerprint density at radius 2 is 2.26 bits per heavy atom. The minimum atomic E-state index is -0.645. The van der Waals surface area contributed by atoms with Crippen molar-refractivity contribution in [3.8, 4) is 0 Å². The van der Waals surface area contributed by atoms with Gasteiger partial charge in [-0.3, -0.25) is 9.78 Å². The molecule has 1 heterocycles. The van der Waals surface area contributed by atoms with Crippen LogP contribution < -0.4 is 11.1 Å². The Morgan fingerprint density at radius 1 is 1.47 bits per heavy atom. The van der Waals surface area contributed by atoms with Gasteiger partial charge in [0.2, 0.25) is 0 Å². The summed E-state index contributed by atoms with van der Waals surface area (Å²) in [7, 11) is 1.46. The fourth-order valence-corrected chi connectivity index (χ4v) is 1.95. The van der Waals surface area contributed by atoms with Crippen molar-refractivity contribution in [3.05, 3.63) is 36.0 Å². The number of carbonyl (C=O) groups is 1. The lowest BCUT2D eigenvalue weighted by atomic mass is 10.1. The fourth-order valence-electron chi connectivity index (χ4n) is 1.95. The number of rotatable bonds is 4. The third-order valence-electron chi connectivity index (χ3n) is 3.02. The standard InChI is InChI=1S/C14H17N3O2/c1-9-5-6-11(10-4-3-7-16-13(9)10)17-14(18)12(8-15)19-2/h3-7,12H,8,15H2,1-2H3,(H,17,18). The minimum Gasteiger partial charge on any atom is -0.370 e. The molecule has 0 saturated heterocycles. The second-order valence-corrected chi connectivity index (χ2v) is 4.28. The molecule has 1 amide bonds. The first-order chi connectivity index (χ1) is 9.17. The number of aryl methyl sites for hydroxylation is 1. The van der Waals surface area contributed by atoms with E-state index in [0.29, 0.717) is 5.69 Å². The van der Waals surface area contributed by atoms with Gasteiger partial charge in [0.25, 0.3) is 5.91 Å². The van der Waals surface area contributed by atoms with Gasteiger partial charge in [-0.15, -0.1) is 0 Å². The van der Waals surface area contributed by atoms with Gasteiger partial charge in [-0.1, -0.05) is 6.07 Å². The molecule has 1 aromatic heterocycles. The van der Waals surface area contributed by atoms with Crippen molar-refractivity contribution in [2.45, 2.75) is 13.0 Å². The van der Waals surface area contributed by atoms with Crippen LogP contribution in [0.15, 0.2) is 30.5 Å². The Balaban J connectivity index is 2.36. The quantitative estimate of drug-likeness (QED) is 0.871. The van der Waals surface area contributed by atoms with Crippen LogP contribution in [-0.4, -0.2) is 30.6 Å². The molecule has 5 heteroatoms. The number of methoxy groups -OCH3 is 1. The normalized spacial score (nSPS) is 12.4. The Kier molecular flexibility index (Phi) is 4.09. The maximum atomic E-state index is 12.0. The van der Waals surface area contributed by atoms with Gasteiger partial charge in [0.1, 0.15) is 6.10 Å². The van der Waals surface area contributed by atoms with E-state index in [4.69, 9.17) is 10.5 Å². The molecular formula is C14H17N3O2. The van der Waals surface area contributed by atoms with E-state index in [-0.39, 0.29) is 12.5 Å². The van der Waals surface area contributed by atoms with Gasteiger partial charge in [-0.05, 0) is 30.7 Å². The van der Waals surface area contributed by atoms with Crippen LogP contribution in [0.1, 0.15) is 5.56 Å². The van der Waals surface area contributed by atoms with E-state index >= 15 is 0 Å². The number of anilines is 1. The van der Waals surface area contributed by atoms with E-state index in [9.17, 15) is 4.79 Å². The Morgan fingerprint density at radius 3 is 2.95 bits per heavy atom. The number of aromatic nitrogens is 1. The zero-order chi connectivity index (χ0) is 13.8. The number of pyridine rings is 1. The van der Waals surface area contributed by atoms with Gasteiger partial charge in [0.05, 0.1) is 11.2 Å². The van der Waals surface area contributed by atoms with Crippen molar-refractivity contribution < 1.29 is 9.53 Å². The number of hydrogen-bond acceptors (Lipinski definition) is 4. The number of carbonyl (C=O) groups excluding carboxylic acids is 1. The molecular weight excluding hydrogens is 242 g/mol. The Labute approximate surface area is 111 Å². The summed E-state index contributed by atoms with van der Waals surface area (Å²) >= 11 is 0. The highest BCUT2D eigenvalue weighted by molar-refractivity contribution is 6.03. The third kappa shape index (κ3) is 2.72. The smallest absolute Gasteiger partial charge is 0.254 e. The monoisotopic (exact) mass is 259 g/mol. The van der Waals surface area contributed by atoms with Crippen LogP contribution in [0.3, 0.4) is 0 Å². The highest BCUT2D eigenvalue weighted by atomic mass is 16.5. The van der Waals surface area contributed by atoms with Crippen molar-refractivity contribution >= 4 is 22.5 Å². The van der Waals surface area contributed by atoms with E-state index in [1.807, 2.05) is 31.2 Å². The van der Waals surface area contributed by atoms with E-state index in [1.54, 1.807) is 6.20 Å². The summed E-state index contributed by atoms with van der Waals surface area (Å²) < 4.78 is 5.02. The number of nitrogens with one attached hydrogen (secondary N) is 1. The lowest BCUT2D eigenvalue weighted by molar-refractivity contribution is -0.125. The zero-order valence-corrected chi connectivity index (χ0v) is 11.0. The summed E-state index contributed by atoms with van der Waals surface area (Å²) in [6.07, 6.45) is 1.09. The average Bonchev–Trinajstić information content (AvgIpc) is 2.44. The number of hydrogen-bond donors (Lipinski definition) is 2. The zero-order valence-electron chi connectivity index (χ0n) is 11.0. The Bertz CT molecular complexity index is 594. The summed E-state index contributed by atoms with van der Waals surface area (Å²) in [4.78, 5) is 16.3. The summed E-state index contributed by atoms with van der Waals surface area (Å²) in [6, 6.07) is 7.55. The van der Waals surface area contributed by atoms with Crippen molar-refractivity contribution in [2.75, 3.05) is 19.0 Å². The van der Waals surface area contributed by atoms with Crippen molar-refractivity contribution in [2.24, 2.45) is 5.73 Å². The summed E-state index contributed by atoms with van der Waals surface area (Å²) in [5.74, 6) is -0.251. The molecule has 0 spiro atoms. The first-order valence-corrected chi connectivity index (χ1v) is 6.05. The summed E-state index contributed by atoms with van der Waals surface area (Å²) in [5.41, 5.74) is 8.14. The summed E-state index contributed by atoms with van der Waals surface area (Å²) in [5, 5.41) is 3.74. The van der Waals surface area contributed by atoms with Crippen molar-refractivity contribution in [1.82, 2.24) is 4.98 Å². The van der Waals surface area contributed by atoms with E-state index in [2.05, 4.69) is 10.3 Å². The number of nitrogens with two attached hydrogens (primary N) is 1. The fraction of sp³-hybridized carbons (Fsp3) is 0.286. The number of amides is 1. The van der Waals surface area contributed by atoms with Gasteiger partial charge >= 0.3 is 0 Å². The lowest BCUT2D eigenvalue weighted by Crippen LogP contribution is -2.35. The van der Waals surface area contributed by atoms with E-state index in [1.165, 1.54) is 7.11 Å².